The predicted molar refractivity (Wildman–Crippen MR) is 72.2 cm³/mol. The van der Waals surface area contributed by atoms with E-state index in [4.69, 9.17) is 4.74 Å². The van der Waals surface area contributed by atoms with Crippen molar-refractivity contribution in [3.05, 3.63) is 24.8 Å². The fourth-order valence-electron chi connectivity index (χ4n) is 2.75. The van der Waals surface area contributed by atoms with Gasteiger partial charge in [0.05, 0.1) is 6.10 Å². The molecule has 1 aliphatic carbocycles. The van der Waals surface area contributed by atoms with Crippen LogP contribution in [0.3, 0.4) is 0 Å². The zero-order valence-corrected chi connectivity index (χ0v) is 11.0. The average Bonchev–Trinajstić information content (AvgIpc) is 2.91. The molecule has 3 heteroatoms. The van der Waals surface area contributed by atoms with Crippen molar-refractivity contribution in [2.45, 2.75) is 38.2 Å². The van der Waals surface area contributed by atoms with Crippen LogP contribution in [0.2, 0.25) is 0 Å². The van der Waals surface area contributed by atoms with E-state index in [-0.39, 0.29) is 12.0 Å². The zero-order chi connectivity index (χ0) is 12.8. The summed E-state index contributed by atoms with van der Waals surface area (Å²) in [5, 5.41) is 0. The van der Waals surface area contributed by atoms with E-state index < -0.39 is 0 Å². The lowest BCUT2D eigenvalue weighted by atomic mass is 9.94. The Morgan fingerprint density at radius 3 is 2.89 bits per heavy atom. The van der Waals surface area contributed by atoms with Crippen molar-refractivity contribution in [1.29, 1.82) is 0 Å². The molecule has 0 aromatic heterocycles. The largest absolute Gasteiger partial charge is 0.376 e. The molecule has 0 N–H and O–H groups in total. The summed E-state index contributed by atoms with van der Waals surface area (Å²) >= 11 is 0. The van der Waals surface area contributed by atoms with Gasteiger partial charge in [0, 0.05) is 19.7 Å². The molecule has 1 saturated heterocycles. The summed E-state index contributed by atoms with van der Waals surface area (Å²) in [6.07, 6.45) is 11.7. The number of ether oxygens (including phenoxy) is 1. The first-order valence-electron chi connectivity index (χ1n) is 6.97. The Kier molecular flexibility index (Phi) is 5.00. The molecule has 2 unspecified atom stereocenters. The molecule has 18 heavy (non-hydrogen) atoms. The van der Waals surface area contributed by atoms with Gasteiger partial charge in [-0.2, -0.15) is 0 Å². The lowest BCUT2D eigenvalue weighted by Gasteiger charge is -2.29. The molecule has 2 rings (SSSR count). The zero-order valence-electron chi connectivity index (χ0n) is 11.0. The van der Waals surface area contributed by atoms with Gasteiger partial charge in [0.15, 0.2) is 0 Å². The highest BCUT2D eigenvalue weighted by atomic mass is 16.5. The Labute approximate surface area is 109 Å². The summed E-state index contributed by atoms with van der Waals surface area (Å²) in [6, 6.07) is 0. The second-order valence-electron chi connectivity index (χ2n) is 5.23. The Balaban J connectivity index is 1.89. The number of carbonyl (C=O) groups is 1. The quantitative estimate of drug-likeness (QED) is 0.553. The topological polar surface area (TPSA) is 29.5 Å². The van der Waals surface area contributed by atoms with E-state index >= 15 is 0 Å². The first-order valence-corrected chi connectivity index (χ1v) is 6.97. The van der Waals surface area contributed by atoms with E-state index in [2.05, 4.69) is 18.7 Å². The van der Waals surface area contributed by atoms with Gasteiger partial charge >= 0.3 is 0 Å². The summed E-state index contributed by atoms with van der Waals surface area (Å²) < 4.78 is 5.63. The van der Waals surface area contributed by atoms with Crippen LogP contribution in [0.5, 0.6) is 0 Å². The molecule has 0 aromatic carbocycles. The van der Waals surface area contributed by atoms with Crippen molar-refractivity contribution in [2.75, 3.05) is 19.7 Å². The summed E-state index contributed by atoms with van der Waals surface area (Å²) in [4.78, 5) is 13.8. The molecule has 1 heterocycles. The van der Waals surface area contributed by atoms with E-state index in [1.54, 1.807) is 0 Å². The molecule has 1 amide bonds. The van der Waals surface area contributed by atoms with Gasteiger partial charge in [-0.15, -0.1) is 0 Å². The molecular weight excluding hydrogens is 226 g/mol. The van der Waals surface area contributed by atoms with Crippen molar-refractivity contribution in [1.82, 2.24) is 4.90 Å². The molecule has 100 valence electrons. The van der Waals surface area contributed by atoms with Crippen molar-refractivity contribution in [3.63, 3.8) is 0 Å². The predicted octanol–water partition coefficient (Wildman–Crippen LogP) is 2.54. The van der Waals surface area contributed by atoms with E-state index in [9.17, 15) is 4.79 Å². The molecule has 0 spiro atoms. The van der Waals surface area contributed by atoms with E-state index in [1.807, 2.05) is 4.90 Å². The highest BCUT2D eigenvalue weighted by Crippen LogP contribution is 2.21. The Morgan fingerprint density at radius 1 is 1.39 bits per heavy atom. The second-order valence-corrected chi connectivity index (χ2v) is 5.23. The van der Waals surface area contributed by atoms with E-state index in [1.165, 1.54) is 12.5 Å². The molecular formula is C15H23NO2. The number of rotatable bonds is 5. The molecule has 2 atom stereocenters. The maximum absolute atomic E-state index is 11.9. The van der Waals surface area contributed by atoms with Crippen LogP contribution in [0.4, 0.5) is 0 Å². The van der Waals surface area contributed by atoms with Gasteiger partial charge in [0.2, 0.25) is 5.91 Å². The fourth-order valence-corrected chi connectivity index (χ4v) is 2.75. The van der Waals surface area contributed by atoms with Gasteiger partial charge in [-0.25, -0.2) is 0 Å². The third-order valence-electron chi connectivity index (χ3n) is 3.79. The highest BCUT2D eigenvalue weighted by Gasteiger charge is 2.23. The van der Waals surface area contributed by atoms with Crippen LogP contribution in [-0.2, 0) is 9.53 Å². The first kappa shape index (κ1) is 13.3. The Morgan fingerprint density at radius 2 is 2.28 bits per heavy atom. The van der Waals surface area contributed by atoms with E-state index in [0.717, 1.165) is 45.4 Å². The summed E-state index contributed by atoms with van der Waals surface area (Å²) in [5.74, 6) is 0.639. The van der Waals surface area contributed by atoms with Crippen LogP contribution in [-0.4, -0.2) is 36.6 Å². The SMILES string of the molecule is C=CC(=O)N(CC1CC=CCC1)CC1CCCO1. The summed E-state index contributed by atoms with van der Waals surface area (Å²) in [5.41, 5.74) is 0. The maximum atomic E-state index is 11.9. The van der Waals surface area contributed by atoms with Crippen LogP contribution in [0.15, 0.2) is 24.8 Å². The first-order chi connectivity index (χ1) is 8.79. The molecule has 2 aliphatic rings. The molecule has 3 nitrogen and oxygen atoms in total. The number of allylic oxidation sites excluding steroid dienone is 2. The van der Waals surface area contributed by atoms with Crippen molar-refractivity contribution < 1.29 is 9.53 Å². The minimum atomic E-state index is 0.0417. The summed E-state index contributed by atoms with van der Waals surface area (Å²) in [6.45, 7) is 6.01. The maximum Gasteiger partial charge on any atom is 0.246 e. The van der Waals surface area contributed by atoms with Crippen LogP contribution in [0, 0.1) is 5.92 Å². The number of carbonyl (C=O) groups excluding carboxylic acids is 1. The number of nitrogens with zero attached hydrogens (tertiary/aromatic N) is 1. The van der Waals surface area contributed by atoms with Crippen LogP contribution in [0.25, 0.3) is 0 Å². The standard InChI is InChI=1S/C15H23NO2/c1-2-15(17)16(12-14-9-6-10-18-14)11-13-7-4-3-5-8-13/h2-4,13-14H,1,5-12H2. The van der Waals surface area contributed by atoms with Crippen molar-refractivity contribution in [2.24, 2.45) is 5.92 Å². The number of amides is 1. The molecule has 1 fully saturated rings. The van der Waals surface area contributed by atoms with Gasteiger partial charge in [0.1, 0.15) is 0 Å². The third-order valence-corrected chi connectivity index (χ3v) is 3.79. The highest BCUT2D eigenvalue weighted by molar-refractivity contribution is 5.87. The smallest absolute Gasteiger partial charge is 0.246 e. The molecule has 0 bridgehead atoms. The molecule has 1 aliphatic heterocycles. The normalized spacial score (nSPS) is 27.1. The van der Waals surface area contributed by atoms with Crippen LogP contribution in [0.1, 0.15) is 32.1 Å². The van der Waals surface area contributed by atoms with Crippen LogP contribution < -0.4 is 0 Å². The minimum Gasteiger partial charge on any atom is -0.376 e. The van der Waals surface area contributed by atoms with Crippen LogP contribution >= 0.6 is 0 Å². The van der Waals surface area contributed by atoms with Gasteiger partial charge < -0.3 is 9.64 Å². The average molecular weight is 249 g/mol. The van der Waals surface area contributed by atoms with Crippen molar-refractivity contribution >= 4 is 5.91 Å². The lowest BCUT2D eigenvalue weighted by Crippen LogP contribution is -2.39. The van der Waals surface area contributed by atoms with E-state index in [0.29, 0.717) is 5.92 Å². The minimum absolute atomic E-state index is 0.0417. The third kappa shape index (κ3) is 3.70. The number of hydrogen-bond acceptors (Lipinski definition) is 2. The Hall–Kier alpha value is -1.09. The van der Waals surface area contributed by atoms with Gasteiger partial charge in [0.25, 0.3) is 0 Å². The number of hydrogen-bond donors (Lipinski definition) is 0. The fraction of sp³-hybridized carbons (Fsp3) is 0.667. The molecule has 0 saturated carbocycles. The molecule has 0 aromatic rings. The molecule has 0 radical (unpaired) electrons. The lowest BCUT2D eigenvalue weighted by molar-refractivity contribution is -0.128. The van der Waals surface area contributed by atoms with Gasteiger partial charge in [-0.3, -0.25) is 4.79 Å². The second kappa shape index (κ2) is 6.74. The van der Waals surface area contributed by atoms with Crippen molar-refractivity contribution in [3.8, 4) is 0 Å². The Bertz CT molecular complexity index is 318. The summed E-state index contributed by atoms with van der Waals surface area (Å²) in [7, 11) is 0. The van der Waals surface area contributed by atoms with Gasteiger partial charge in [-0.1, -0.05) is 18.7 Å². The monoisotopic (exact) mass is 249 g/mol. The van der Waals surface area contributed by atoms with Gasteiger partial charge in [-0.05, 0) is 44.1 Å².